The van der Waals surface area contributed by atoms with E-state index < -0.39 is 0 Å². The van der Waals surface area contributed by atoms with Gasteiger partial charge in [-0.1, -0.05) is 34.1 Å². The van der Waals surface area contributed by atoms with Crippen molar-refractivity contribution in [3.8, 4) is 0 Å². The lowest BCUT2D eigenvalue weighted by molar-refractivity contribution is 0.0388. The van der Waals surface area contributed by atoms with Crippen molar-refractivity contribution in [2.75, 3.05) is 26.8 Å². The summed E-state index contributed by atoms with van der Waals surface area (Å²) in [6.07, 6.45) is 6.53. The average molecular weight is 296 g/mol. The molecule has 2 fully saturated rings. The molecule has 0 bridgehead atoms. The Bertz CT molecular complexity index is 312. The van der Waals surface area contributed by atoms with Crippen LogP contribution in [0.15, 0.2) is 0 Å². The Hall–Kier alpha value is -0.120. The lowest BCUT2D eigenvalue weighted by atomic mass is 9.67. The van der Waals surface area contributed by atoms with Gasteiger partial charge in [0.15, 0.2) is 0 Å². The Morgan fingerprint density at radius 2 is 1.95 bits per heavy atom. The first-order valence-electron chi connectivity index (χ1n) is 9.02. The van der Waals surface area contributed by atoms with Crippen LogP contribution < -0.4 is 5.32 Å². The van der Waals surface area contributed by atoms with Crippen LogP contribution in [0.4, 0.5) is 0 Å². The molecule has 4 atom stereocenters. The molecule has 1 saturated carbocycles. The van der Waals surface area contributed by atoms with Gasteiger partial charge < -0.3 is 10.1 Å². The summed E-state index contributed by atoms with van der Waals surface area (Å²) in [5, 5.41) is 3.75. The van der Waals surface area contributed by atoms with E-state index in [1.54, 1.807) is 0 Å². The van der Waals surface area contributed by atoms with E-state index in [-0.39, 0.29) is 0 Å². The summed E-state index contributed by atoms with van der Waals surface area (Å²) in [5.41, 5.74) is 0.475. The van der Waals surface area contributed by atoms with Gasteiger partial charge in [0.25, 0.3) is 0 Å². The second kappa shape index (κ2) is 7.43. The number of nitrogens with zero attached hydrogens (tertiary/aromatic N) is 1. The Kier molecular flexibility index (Phi) is 6.10. The first kappa shape index (κ1) is 17.2. The maximum absolute atomic E-state index is 5.62. The molecule has 2 aliphatic rings. The first-order valence-corrected chi connectivity index (χ1v) is 9.02. The van der Waals surface area contributed by atoms with Gasteiger partial charge in [0, 0.05) is 24.7 Å². The Balaban J connectivity index is 2.07. The maximum atomic E-state index is 5.62. The second-order valence-electron chi connectivity index (χ2n) is 7.77. The Morgan fingerprint density at radius 3 is 2.52 bits per heavy atom. The van der Waals surface area contributed by atoms with Crippen molar-refractivity contribution >= 4 is 0 Å². The van der Waals surface area contributed by atoms with Crippen LogP contribution in [0.5, 0.6) is 0 Å². The van der Waals surface area contributed by atoms with Crippen molar-refractivity contribution in [1.29, 1.82) is 0 Å². The molecule has 4 unspecified atom stereocenters. The van der Waals surface area contributed by atoms with Crippen molar-refractivity contribution in [2.45, 2.75) is 77.9 Å². The Labute approximate surface area is 131 Å². The predicted octanol–water partition coefficient (Wildman–Crippen LogP) is 3.29. The molecular formula is C18H36N2O. The highest BCUT2D eigenvalue weighted by Gasteiger charge is 2.40. The number of nitrogens with one attached hydrogen (secondary N) is 1. The first-order chi connectivity index (χ1) is 9.99. The third kappa shape index (κ3) is 4.00. The minimum absolute atomic E-state index is 0.475. The van der Waals surface area contributed by atoms with Crippen molar-refractivity contribution in [3.63, 3.8) is 0 Å². The quantitative estimate of drug-likeness (QED) is 0.814. The molecule has 3 nitrogen and oxygen atoms in total. The van der Waals surface area contributed by atoms with Gasteiger partial charge in [-0.2, -0.15) is 0 Å². The normalized spacial score (nSPS) is 34.6. The Morgan fingerprint density at radius 1 is 1.19 bits per heavy atom. The zero-order chi connectivity index (χ0) is 15.5. The van der Waals surface area contributed by atoms with Gasteiger partial charge in [0.1, 0.15) is 0 Å². The van der Waals surface area contributed by atoms with Crippen LogP contribution in [0, 0.1) is 11.3 Å². The van der Waals surface area contributed by atoms with Crippen LogP contribution in [0.25, 0.3) is 0 Å². The number of ether oxygens (including phenoxy) is 1. The molecule has 1 saturated heterocycles. The number of likely N-dealkylation sites (N-methyl/N-ethyl adjacent to an activating group) is 2. The maximum Gasteiger partial charge on any atom is 0.0622 e. The largest absolute Gasteiger partial charge is 0.380 e. The van der Waals surface area contributed by atoms with E-state index in [1.807, 2.05) is 0 Å². The standard InChI is InChI=1S/C18H36N2O/c1-6-18(3,4)14-8-9-16(19-7-2)17(12-14)20(5)15-10-11-21-13-15/h14-17,19H,6-13H2,1-5H3. The molecule has 1 aliphatic heterocycles. The van der Waals surface area contributed by atoms with Crippen LogP contribution in [0.1, 0.15) is 59.8 Å². The van der Waals surface area contributed by atoms with Gasteiger partial charge in [-0.3, -0.25) is 4.90 Å². The third-order valence-electron chi connectivity index (χ3n) is 6.30. The summed E-state index contributed by atoms with van der Waals surface area (Å²) >= 11 is 0. The van der Waals surface area contributed by atoms with Gasteiger partial charge in [0.2, 0.25) is 0 Å². The molecule has 0 aromatic carbocycles. The molecule has 0 radical (unpaired) electrons. The molecule has 0 spiro atoms. The van der Waals surface area contributed by atoms with Gasteiger partial charge in [-0.05, 0) is 50.6 Å². The van der Waals surface area contributed by atoms with Crippen molar-refractivity contribution < 1.29 is 4.74 Å². The van der Waals surface area contributed by atoms with Crippen molar-refractivity contribution in [1.82, 2.24) is 10.2 Å². The summed E-state index contributed by atoms with van der Waals surface area (Å²) in [6, 6.07) is 1.95. The van der Waals surface area contributed by atoms with Crippen LogP contribution in [-0.2, 0) is 4.74 Å². The molecule has 0 amide bonds. The van der Waals surface area contributed by atoms with E-state index in [9.17, 15) is 0 Å². The number of hydrogen-bond donors (Lipinski definition) is 1. The third-order valence-corrected chi connectivity index (χ3v) is 6.30. The summed E-state index contributed by atoms with van der Waals surface area (Å²) in [4.78, 5) is 2.64. The van der Waals surface area contributed by atoms with Crippen molar-refractivity contribution in [2.24, 2.45) is 11.3 Å². The fraction of sp³-hybridized carbons (Fsp3) is 1.00. The molecule has 0 aromatic rings. The summed E-state index contributed by atoms with van der Waals surface area (Å²) in [6.45, 7) is 12.4. The van der Waals surface area contributed by atoms with E-state index in [1.165, 1.54) is 32.1 Å². The SMILES string of the molecule is CCNC1CCC(C(C)(C)CC)CC1N(C)C1CCOC1. The zero-order valence-electron chi connectivity index (χ0n) is 14.8. The smallest absolute Gasteiger partial charge is 0.0622 e. The monoisotopic (exact) mass is 296 g/mol. The minimum Gasteiger partial charge on any atom is -0.380 e. The van der Waals surface area contributed by atoms with Gasteiger partial charge in [-0.25, -0.2) is 0 Å². The predicted molar refractivity (Wildman–Crippen MR) is 89.7 cm³/mol. The highest BCUT2D eigenvalue weighted by Crippen LogP contribution is 2.42. The van der Waals surface area contributed by atoms with E-state index in [4.69, 9.17) is 4.74 Å². The molecule has 3 heteroatoms. The van der Waals surface area contributed by atoms with E-state index in [2.05, 4.69) is 45.0 Å². The number of rotatable bonds is 6. The van der Waals surface area contributed by atoms with E-state index in [0.717, 1.165) is 25.7 Å². The number of hydrogen-bond acceptors (Lipinski definition) is 3. The van der Waals surface area contributed by atoms with E-state index >= 15 is 0 Å². The molecule has 1 N–H and O–H groups in total. The lowest BCUT2D eigenvalue weighted by Crippen LogP contribution is -2.56. The van der Waals surface area contributed by atoms with E-state index in [0.29, 0.717) is 23.5 Å². The fourth-order valence-electron chi connectivity index (χ4n) is 4.21. The highest BCUT2D eigenvalue weighted by molar-refractivity contribution is 4.96. The molecule has 1 aliphatic carbocycles. The molecule has 2 rings (SSSR count). The summed E-state index contributed by atoms with van der Waals surface area (Å²) in [7, 11) is 2.33. The molecule has 1 heterocycles. The van der Waals surface area contributed by atoms with Gasteiger partial charge in [-0.15, -0.1) is 0 Å². The summed E-state index contributed by atoms with van der Waals surface area (Å²) in [5.74, 6) is 0.854. The van der Waals surface area contributed by atoms with Crippen LogP contribution in [0.3, 0.4) is 0 Å². The van der Waals surface area contributed by atoms with Gasteiger partial charge in [0.05, 0.1) is 6.61 Å². The molecule has 124 valence electrons. The van der Waals surface area contributed by atoms with Gasteiger partial charge >= 0.3 is 0 Å². The summed E-state index contributed by atoms with van der Waals surface area (Å²) < 4.78 is 5.62. The minimum atomic E-state index is 0.475. The lowest BCUT2D eigenvalue weighted by Gasteiger charge is -2.47. The van der Waals surface area contributed by atoms with Crippen LogP contribution in [-0.4, -0.2) is 49.8 Å². The molecule has 21 heavy (non-hydrogen) atoms. The highest BCUT2D eigenvalue weighted by atomic mass is 16.5. The second-order valence-corrected chi connectivity index (χ2v) is 7.77. The topological polar surface area (TPSA) is 24.5 Å². The van der Waals surface area contributed by atoms with Crippen LogP contribution >= 0.6 is 0 Å². The molecular weight excluding hydrogens is 260 g/mol. The average Bonchev–Trinajstić information content (AvgIpc) is 3.01. The zero-order valence-corrected chi connectivity index (χ0v) is 14.8. The van der Waals surface area contributed by atoms with Crippen LogP contribution in [0.2, 0.25) is 0 Å². The fourth-order valence-corrected chi connectivity index (χ4v) is 4.21. The van der Waals surface area contributed by atoms with Crippen molar-refractivity contribution in [3.05, 3.63) is 0 Å². The molecule has 0 aromatic heterocycles.